The summed E-state index contributed by atoms with van der Waals surface area (Å²) < 4.78 is 45.8. The van der Waals surface area contributed by atoms with Crippen molar-refractivity contribution in [2.24, 2.45) is 0 Å². The number of nitrogen functional groups attached to an aromatic ring is 1. The fourth-order valence-electron chi connectivity index (χ4n) is 1.70. The molecule has 0 aliphatic rings. The number of sulfonamides is 1. The lowest BCUT2D eigenvalue weighted by Gasteiger charge is -2.13. The van der Waals surface area contributed by atoms with Crippen LogP contribution in [0.4, 0.5) is 10.1 Å². The number of nitrogens with zero attached hydrogens (tertiary/aromatic N) is 1. The average molecular weight is 334 g/mol. The molecule has 0 radical (unpaired) electrons. The molecule has 1 atom stereocenters. The Morgan fingerprint density at radius 2 is 2.14 bits per heavy atom. The maximum absolute atomic E-state index is 13.9. The highest BCUT2D eigenvalue weighted by atomic mass is 35.5. The van der Waals surface area contributed by atoms with Crippen LogP contribution in [0.5, 0.6) is 0 Å². The van der Waals surface area contributed by atoms with Crippen LogP contribution in [0.1, 0.15) is 24.6 Å². The molecule has 9 heteroatoms. The molecule has 0 aliphatic carbocycles. The first-order valence-electron chi connectivity index (χ1n) is 5.90. The number of aryl methyl sites for hydroxylation is 1. The SMILES string of the molecule is Cc1cnc(C(C)NS(=O)(=O)c2cc(N)cc(Cl)c2F)o1. The lowest BCUT2D eigenvalue weighted by molar-refractivity contribution is 0.427. The van der Waals surface area contributed by atoms with Gasteiger partial charge < -0.3 is 10.2 Å². The molecule has 0 spiro atoms. The molecular weight excluding hydrogens is 321 g/mol. The normalized spacial score (nSPS) is 13.3. The lowest BCUT2D eigenvalue weighted by Crippen LogP contribution is -2.28. The number of nitrogens with two attached hydrogens (primary N) is 1. The van der Waals surface area contributed by atoms with E-state index in [-0.39, 0.29) is 16.6 Å². The zero-order valence-electron chi connectivity index (χ0n) is 11.2. The molecule has 21 heavy (non-hydrogen) atoms. The molecule has 0 bridgehead atoms. The Kier molecular flexibility index (Phi) is 4.22. The third-order valence-corrected chi connectivity index (χ3v) is 4.46. The van der Waals surface area contributed by atoms with Gasteiger partial charge in [0.1, 0.15) is 10.7 Å². The Bertz CT molecular complexity index is 776. The van der Waals surface area contributed by atoms with E-state index >= 15 is 0 Å². The molecule has 0 aliphatic heterocycles. The Hall–Kier alpha value is -1.64. The maximum atomic E-state index is 13.9. The first kappa shape index (κ1) is 15.7. The first-order valence-corrected chi connectivity index (χ1v) is 7.76. The number of nitrogens with one attached hydrogen (secondary N) is 1. The third kappa shape index (κ3) is 3.34. The van der Waals surface area contributed by atoms with Crippen molar-refractivity contribution in [2.45, 2.75) is 24.8 Å². The van der Waals surface area contributed by atoms with E-state index in [1.807, 2.05) is 0 Å². The van der Waals surface area contributed by atoms with E-state index < -0.39 is 26.8 Å². The molecule has 0 saturated carbocycles. The molecule has 1 aromatic carbocycles. The smallest absolute Gasteiger partial charge is 0.244 e. The maximum Gasteiger partial charge on any atom is 0.244 e. The van der Waals surface area contributed by atoms with E-state index in [4.69, 9.17) is 21.8 Å². The van der Waals surface area contributed by atoms with Crippen LogP contribution in [-0.2, 0) is 10.0 Å². The van der Waals surface area contributed by atoms with Crippen molar-refractivity contribution < 1.29 is 17.2 Å². The topological polar surface area (TPSA) is 98.2 Å². The molecule has 0 fully saturated rings. The van der Waals surface area contributed by atoms with Crippen molar-refractivity contribution in [1.82, 2.24) is 9.71 Å². The van der Waals surface area contributed by atoms with Gasteiger partial charge in [0.05, 0.1) is 17.3 Å². The highest BCUT2D eigenvalue weighted by Gasteiger charge is 2.26. The van der Waals surface area contributed by atoms with E-state index in [2.05, 4.69) is 9.71 Å². The number of hydrogen-bond acceptors (Lipinski definition) is 5. The van der Waals surface area contributed by atoms with Gasteiger partial charge >= 0.3 is 0 Å². The second-order valence-corrected chi connectivity index (χ2v) is 6.56. The number of rotatable bonds is 4. The standard InChI is InChI=1S/C12H13ClFN3O3S/c1-6-5-16-12(20-6)7(2)17-21(18,19)10-4-8(15)3-9(13)11(10)14/h3-5,7,17H,15H2,1-2H3. The van der Waals surface area contributed by atoms with Gasteiger partial charge in [-0.2, -0.15) is 4.72 Å². The molecule has 0 saturated heterocycles. The number of aromatic nitrogens is 1. The van der Waals surface area contributed by atoms with Crippen molar-refractivity contribution in [2.75, 3.05) is 5.73 Å². The number of benzene rings is 1. The molecule has 114 valence electrons. The molecular formula is C12H13ClFN3O3S. The summed E-state index contributed by atoms with van der Waals surface area (Å²) in [5, 5.41) is -0.366. The highest BCUT2D eigenvalue weighted by Crippen LogP contribution is 2.26. The molecule has 1 heterocycles. The van der Waals surface area contributed by atoms with E-state index in [1.165, 1.54) is 13.1 Å². The molecule has 2 aromatic rings. The molecule has 2 rings (SSSR count). The predicted molar refractivity (Wildman–Crippen MR) is 75.8 cm³/mol. The summed E-state index contributed by atoms with van der Waals surface area (Å²) in [6, 6.07) is 1.36. The number of hydrogen-bond donors (Lipinski definition) is 2. The monoisotopic (exact) mass is 333 g/mol. The number of halogens is 2. The Labute approximate surface area is 126 Å². The zero-order valence-corrected chi connectivity index (χ0v) is 12.8. The fraction of sp³-hybridized carbons (Fsp3) is 0.250. The van der Waals surface area contributed by atoms with Crippen molar-refractivity contribution in [3.63, 3.8) is 0 Å². The van der Waals surface area contributed by atoms with Gasteiger partial charge in [-0.25, -0.2) is 17.8 Å². The van der Waals surface area contributed by atoms with Gasteiger partial charge in [-0.05, 0) is 26.0 Å². The van der Waals surface area contributed by atoms with E-state index in [0.29, 0.717) is 5.76 Å². The summed E-state index contributed by atoms with van der Waals surface area (Å²) in [4.78, 5) is 3.29. The molecule has 0 amide bonds. The van der Waals surface area contributed by atoms with Crippen molar-refractivity contribution in [3.05, 3.63) is 40.8 Å². The summed E-state index contributed by atoms with van der Waals surface area (Å²) in [5.74, 6) is -0.352. The largest absolute Gasteiger partial charge is 0.444 e. The van der Waals surface area contributed by atoms with Gasteiger partial charge in [-0.15, -0.1) is 0 Å². The van der Waals surface area contributed by atoms with Crippen LogP contribution in [0.2, 0.25) is 5.02 Å². The Balaban J connectivity index is 2.35. The van der Waals surface area contributed by atoms with E-state index in [9.17, 15) is 12.8 Å². The average Bonchev–Trinajstić information content (AvgIpc) is 2.80. The van der Waals surface area contributed by atoms with Crippen molar-refractivity contribution >= 4 is 27.3 Å². The van der Waals surface area contributed by atoms with Crippen LogP contribution in [0.3, 0.4) is 0 Å². The summed E-state index contributed by atoms with van der Waals surface area (Å²) in [7, 11) is -4.16. The van der Waals surface area contributed by atoms with Crippen LogP contribution >= 0.6 is 11.6 Å². The molecule has 6 nitrogen and oxygen atoms in total. The Morgan fingerprint density at radius 1 is 1.48 bits per heavy atom. The van der Waals surface area contributed by atoms with Crippen LogP contribution in [-0.4, -0.2) is 13.4 Å². The van der Waals surface area contributed by atoms with E-state index in [0.717, 1.165) is 12.1 Å². The van der Waals surface area contributed by atoms with Crippen LogP contribution in [0.25, 0.3) is 0 Å². The van der Waals surface area contributed by atoms with Gasteiger partial charge in [0, 0.05) is 5.69 Å². The highest BCUT2D eigenvalue weighted by molar-refractivity contribution is 7.89. The van der Waals surface area contributed by atoms with Gasteiger partial charge in [0.15, 0.2) is 5.82 Å². The van der Waals surface area contributed by atoms with Gasteiger partial charge in [-0.1, -0.05) is 11.6 Å². The fourth-order valence-corrected chi connectivity index (χ4v) is 3.31. The summed E-state index contributed by atoms with van der Waals surface area (Å²) in [5.41, 5.74) is 5.54. The first-order chi connectivity index (χ1) is 9.70. The molecule has 1 unspecified atom stereocenters. The lowest BCUT2D eigenvalue weighted by atomic mass is 10.3. The second kappa shape index (κ2) is 5.63. The minimum Gasteiger partial charge on any atom is -0.444 e. The number of oxazole rings is 1. The second-order valence-electron chi connectivity index (χ2n) is 4.47. The molecule has 1 aromatic heterocycles. The van der Waals surface area contributed by atoms with Crippen molar-refractivity contribution in [1.29, 1.82) is 0 Å². The quantitative estimate of drug-likeness (QED) is 0.837. The summed E-state index contributed by atoms with van der Waals surface area (Å²) >= 11 is 5.60. The minimum atomic E-state index is -4.16. The van der Waals surface area contributed by atoms with Gasteiger partial charge in [-0.3, -0.25) is 0 Å². The minimum absolute atomic E-state index is 0.0430. The van der Waals surface area contributed by atoms with Gasteiger partial charge in [0.25, 0.3) is 0 Å². The van der Waals surface area contributed by atoms with Crippen LogP contribution in [0, 0.1) is 12.7 Å². The van der Waals surface area contributed by atoms with Crippen LogP contribution in [0.15, 0.2) is 27.6 Å². The third-order valence-electron chi connectivity index (χ3n) is 2.65. The zero-order chi connectivity index (χ0) is 15.8. The summed E-state index contributed by atoms with van der Waals surface area (Å²) in [6.07, 6.45) is 1.46. The summed E-state index contributed by atoms with van der Waals surface area (Å²) in [6.45, 7) is 3.20. The van der Waals surface area contributed by atoms with Crippen molar-refractivity contribution in [3.8, 4) is 0 Å². The molecule has 3 N–H and O–H groups in total. The van der Waals surface area contributed by atoms with Gasteiger partial charge in [0.2, 0.25) is 15.9 Å². The Morgan fingerprint density at radius 3 is 2.71 bits per heavy atom. The number of anilines is 1. The predicted octanol–water partition coefficient (Wildman–Crippen LogP) is 2.40. The van der Waals surface area contributed by atoms with Crippen LogP contribution < -0.4 is 10.5 Å². The van der Waals surface area contributed by atoms with E-state index in [1.54, 1.807) is 6.92 Å².